The van der Waals surface area contributed by atoms with E-state index in [9.17, 15) is 19.2 Å². The summed E-state index contributed by atoms with van der Waals surface area (Å²) < 4.78 is 40.5. The molecule has 3 saturated heterocycles. The highest BCUT2D eigenvalue weighted by atomic mass is 32.1. The van der Waals surface area contributed by atoms with Gasteiger partial charge in [0.15, 0.2) is 37.9 Å². The Morgan fingerprint density at radius 1 is 0.444 bits per heavy atom. The maximum atomic E-state index is 13.3. The molecule has 34 heteroatoms. The van der Waals surface area contributed by atoms with Gasteiger partial charge in [0.25, 0.3) is 23.6 Å². The Labute approximate surface area is 784 Å². The first-order valence-corrected chi connectivity index (χ1v) is 46.6. The van der Waals surface area contributed by atoms with Crippen LogP contribution < -0.4 is 60.5 Å². The third-order valence-electron chi connectivity index (χ3n) is 22.6. The van der Waals surface area contributed by atoms with E-state index in [1.807, 2.05) is 207 Å². The number of carbonyl (C=O) groups excluding carboxylic acids is 4. The maximum Gasteiger partial charge on any atom is 0.267 e. The Morgan fingerprint density at radius 2 is 0.932 bits per heavy atom. The number of ether oxygens (including phenoxy) is 6. The Kier molecular flexibility index (Phi) is 29.0. The van der Waals surface area contributed by atoms with Crippen LogP contribution in [0.25, 0.3) is 76.1 Å². The van der Waals surface area contributed by atoms with Crippen LogP contribution in [0.15, 0.2) is 243 Å². The molecule has 4 amide bonds. The number of para-hydroxylation sites is 4. The number of hydrogen-bond acceptors (Lipinski definition) is 26. The third-order valence-corrected chi connectivity index (χ3v) is 26.7. The van der Waals surface area contributed by atoms with Crippen molar-refractivity contribution < 1.29 is 47.6 Å². The molecular formula is C99H100N20O10S4. The Morgan fingerprint density at radius 3 is 1.45 bits per heavy atom. The zero-order valence-electron chi connectivity index (χ0n) is 74.7. The third kappa shape index (κ3) is 21.6. The number of nitrogens with one attached hydrogen (secondary N) is 6. The number of fused-ring (bicyclic) bond motifs is 4. The molecule has 3 fully saturated rings. The molecule has 0 unspecified atom stereocenters. The molecule has 30 nitrogen and oxygen atoms in total. The fourth-order valence-electron chi connectivity index (χ4n) is 15.8. The van der Waals surface area contributed by atoms with E-state index < -0.39 is 0 Å². The summed E-state index contributed by atoms with van der Waals surface area (Å²) in [6, 6.07) is 56.5. The van der Waals surface area contributed by atoms with E-state index in [4.69, 9.17) is 43.4 Å². The van der Waals surface area contributed by atoms with Crippen LogP contribution in [0, 0.1) is 6.92 Å². The van der Waals surface area contributed by atoms with Gasteiger partial charge >= 0.3 is 0 Å². The van der Waals surface area contributed by atoms with E-state index in [1.165, 1.54) is 48.1 Å². The maximum absolute atomic E-state index is 13.3. The van der Waals surface area contributed by atoms with Gasteiger partial charge in [-0.3, -0.25) is 52.1 Å². The average molecular weight is 1860 g/mol. The van der Waals surface area contributed by atoms with Gasteiger partial charge in [-0.1, -0.05) is 108 Å². The van der Waals surface area contributed by atoms with Gasteiger partial charge in [-0.05, 0) is 104 Å². The second-order valence-corrected chi connectivity index (χ2v) is 35.7. The summed E-state index contributed by atoms with van der Waals surface area (Å²) in [5, 5.41) is 21.9. The molecule has 10 aromatic heterocycles. The molecule has 680 valence electrons. The Balaban J connectivity index is 0.000000124. The van der Waals surface area contributed by atoms with Gasteiger partial charge in [0, 0.05) is 226 Å². The van der Waals surface area contributed by atoms with Crippen molar-refractivity contribution in [3.8, 4) is 84.3 Å². The van der Waals surface area contributed by atoms with E-state index in [0.717, 1.165) is 191 Å². The molecular weight excluding hydrogens is 1760 g/mol. The first-order valence-electron chi connectivity index (χ1n) is 43.3. The number of aryl methyl sites for hydroxylation is 1. The van der Waals surface area contributed by atoms with Crippen molar-refractivity contribution >= 4 is 118 Å². The summed E-state index contributed by atoms with van der Waals surface area (Å²) in [6.07, 6.45) is 17.8. The van der Waals surface area contributed by atoms with E-state index in [1.54, 1.807) is 91.0 Å². The monoisotopic (exact) mass is 1860 g/mol. The van der Waals surface area contributed by atoms with Crippen LogP contribution in [0.1, 0.15) is 61.9 Å². The lowest BCUT2D eigenvalue weighted by molar-refractivity contribution is 0.0336. The predicted molar refractivity (Wildman–Crippen MR) is 527 cm³/mol. The topological polar surface area (TPSA) is 304 Å². The van der Waals surface area contributed by atoms with Crippen molar-refractivity contribution in [2.75, 3.05) is 154 Å². The van der Waals surface area contributed by atoms with Crippen molar-refractivity contribution in [2.24, 2.45) is 0 Å². The Hall–Kier alpha value is -14.0. The molecule has 0 spiro atoms. The van der Waals surface area contributed by atoms with Crippen LogP contribution in [0.3, 0.4) is 0 Å². The number of methoxy groups -OCH3 is 5. The first kappa shape index (κ1) is 90.9. The number of morpholine rings is 1. The number of imidazole rings is 4. The van der Waals surface area contributed by atoms with Crippen molar-refractivity contribution in [2.45, 2.75) is 26.6 Å². The van der Waals surface area contributed by atoms with Crippen LogP contribution in [-0.2, 0) is 24.4 Å². The summed E-state index contributed by atoms with van der Waals surface area (Å²) in [4.78, 5) is 95.5. The van der Waals surface area contributed by atoms with Gasteiger partial charge in [-0.25, -0.2) is 24.9 Å². The number of piperazine rings is 2. The largest absolute Gasteiger partial charge is 0.493 e. The lowest BCUT2D eigenvalue weighted by Crippen LogP contribution is -2.42. The number of carbonyl (C=O) groups is 4. The summed E-state index contributed by atoms with van der Waals surface area (Å²) in [5.74, 6) is 1.52. The molecule has 0 radical (unpaired) electrons. The van der Waals surface area contributed by atoms with Crippen LogP contribution >= 0.6 is 45.3 Å². The van der Waals surface area contributed by atoms with E-state index in [0.29, 0.717) is 67.4 Å². The first-order chi connectivity index (χ1) is 65.0. The normalized spacial score (nSPS) is 13.5. The number of thiazole rings is 4. The van der Waals surface area contributed by atoms with Gasteiger partial charge in [-0.15, -0.1) is 22.7 Å². The number of benzene rings is 7. The molecule has 20 rings (SSSR count). The lowest BCUT2D eigenvalue weighted by Gasteiger charge is -2.26. The second kappa shape index (κ2) is 42.5. The van der Waals surface area contributed by atoms with Crippen molar-refractivity contribution in [1.29, 1.82) is 0 Å². The predicted octanol–water partition coefficient (Wildman–Crippen LogP) is 16.8. The molecule has 3 aliphatic rings. The number of pyridine rings is 2. The number of amides is 4. The number of anilines is 5. The van der Waals surface area contributed by atoms with E-state index in [-0.39, 0.29) is 23.6 Å². The minimum absolute atomic E-state index is 0.144. The summed E-state index contributed by atoms with van der Waals surface area (Å²) in [7, 11) is 11.6. The molecule has 0 saturated carbocycles. The van der Waals surface area contributed by atoms with Crippen LogP contribution in [0.4, 0.5) is 28.4 Å². The molecule has 7 aromatic carbocycles. The smallest absolute Gasteiger partial charge is 0.267 e. The van der Waals surface area contributed by atoms with Gasteiger partial charge in [-0.2, -0.15) is 0 Å². The SMILES string of the molecule is CN(C)c1cccc(C(=O)Nc2ccccc2-c2cn3ccccc3n2)c1.COc1cc(C(=O)Nc2ccccc2-c2cn3cc(CN4CCNCC4)sc3n2)cc(OC)c1OC.COc1ccc(C(=O)Nc2ccccc2-c2cn3cc(CN4CCNCC4)sc3n2)cc1OC.Cc1nc(-c2cccnc2)sc1C(=O)Nc1ccccc1-c1cn2c(CN3CCOCC3)csc2n1. The molecule has 13 heterocycles. The zero-order chi connectivity index (χ0) is 91.9. The summed E-state index contributed by atoms with van der Waals surface area (Å²) in [5.41, 5.74) is 15.7. The van der Waals surface area contributed by atoms with Gasteiger partial charge in [0.05, 0.1) is 100.0 Å². The summed E-state index contributed by atoms with van der Waals surface area (Å²) in [6.45, 7) is 16.4. The highest BCUT2D eigenvalue weighted by Crippen LogP contribution is 2.41. The molecule has 0 aliphatic carbocycles. The fourth-order valence-corrected chi connectivity index (χ4v) is 19.6. The molecule has 133 heavy (non-hydrogen) atoms. The standard InChI is InChI=1S/C26H24N6O2S2.C26H29N5O4S.C25H27N5O3S.C22H20N4O/c1-17-23(36-25(28-17)18-5-4-8-27-13-18)24(33)29-21-7-3-2-6-20(21)22-15-32-19(16-35-26(32)30-22)14-31-9-11-34-12-10-31;1-33-22-12-17(13-23(34-2)24(22)35-3)25(32)28-20-7-5-4-6-19(20)21-16-31-15-18(36-26(31)29-21)14-30-10-8-27-9-11-30;1-32-22-8-7-17(13-23(22)33-2)24(31)27-20-6-4-3-5-19(20)21-16-30-15-18(34-25(30)28-21)14-29-11-9-26-10-12-29;1-25(2)17-9-7-8-16(14-17)22(27)24-19-11-4-3-10-18(19)20-15-26-13-6-5-12-21(26)23-20/h2-8,13,15-16H,9-12,14H2,1H3,(H,29,33);4-7,12-13,15-16,27H,8-11,14H2,1-3H3,(H,28,32);3-8,13,15-16,26H,9-12,14H2,1-2H3,(H,27,31);3-15H,1-2H3,(H,24,27). The average Bonchev–Trinajstić information content (AvgIpc) is 1.65. The fraction of sp³-hybridized carbons (Fsp3) is 0.232. The number of hydrogen-bond donors (Lipinski definition) is 6. The highest BCUT2D eigenvalue weighted by molar-refractivity contribution is 7.17. The van der Waals surface area contributed by atoms with Crippen LogP contribution in [0.2, 0.25) is 0 Å². The van der Waals surface area contributed by atoms with Crippen molar-refractivity contribution in [3.05, 3.63) is 286 Å². The minimum atomic E-state index is -0.291. The van der Waals surface area contributed by atoms with Crippen LogP contribution in [-0.4, -0.2) is 214 Å². The molecule has 3 aliphatic heterocycles. The Bertz CT molecular complexity index is 6840. The van der Waals surface area contributed by atoms with Gasteiger partial charge < -0.3 is 69.6 Å². The highest BCUT2D eigenvalue weighted by Gasteiger charge is 2.26. The molecule has 0 atom stereocenters. The second-order valence-electron chi connectivity index (χ2n) is 31.7. The molecule has 6 N–H and O–H groups in total. The van der Waals surface area contributed by atoms with E-state index in [2.05, 4.69) is 98.7 Å². The van der Waals surface area contributed by atoms with Crippen LogP contribution in [0.5, 0.6) is 28.7 Å². The van der Waals surface area contributed by atoms with Gasteiger partial charge in [0.1, 0.15) is 15.5 Å². The number of nitrogens with zero attached hydrogens (tertiary/aromatic N) is 14. The zero-order valence-corrected chi connectivity index (χ0v) is 77.9. The van der Waals surface area contributed by atoms with Crippen molar-refractivity contribution in [3.63, 3.8) is 0 Å². The van der Waals surface area contributed by atoms with E-state index >= 15 is 0 Å². The minimum Gasteiger partial charge on any atom is -0.493 e. The molecule has 0 bridgehead atoms. The van der Waals surface area contributed by atoms with Gasteiger partial charge in [0.2, 0.25) is 5.75 Å². The quantitative estimate of drug-likeness (QED) is 0.0310. The van der Waals surface area contributed by atoms with Crippen molar-refractivity contribution in [1.82, 2.24) is 72.8 Å². The lowest BCUT2D eigenvalue weighted by atomic mass is 10.1. The summed E-state index contributed by atoms with van der Waals surface area (Å²) >= 11 is 6.41. The number of aromatic nitrogens is 10. The number of rotatable bonds is 25. The molecule has 17 aromatic rings.